The van der Waals surface area contributed by atoms with Crippen LogP contribution >= 0.6 is 0 Å². The van der Waals surface area contributed by atoms with Gasteiger partial charge in [0.25, 0.3) is 5.91 Å². The highest BCUT2D eigenvalue weighted by molar-refractivity contribution is 5.94. The maximum Gasteiger partial charge on any atom is 0.253 e. The van der Waals surface area contributed by atoms with Gasteiger partial charge in [0, 0.05) is 43.2 Å². The summed E-state index contributed by atoms with van der Waals surface area (Å²) in [5.41, 5.74) is 3.06. The number of aromatic nitrogens is 1. The van der Waals surface area contributed by atoms with Gasteiger partial charge in [0.05, 0.1) is 11.1 Å². The first-order valence-electron chi connectivity index (χ1n) is 10.4. The quantitative estimate of drug-likeness (QED) is 0.639. The van der Waals surface area contributed by atoms with Crippen LogP contribution in [-0.4, -0.2) is 48.8 Å². The number of aryl methyl sites for hydroxylation is 1. The number of amides is 1. The number of nitriles is 1. The standard InChI is InChI=1S/C24H22N4O3/c1-16-4-2-5-17(10-16)24(29)28-7-3-6-27(8-9-28)23-19(14-25)11-18-12-21-22(31-15-30-21)13-20(18)26-23/h2,4-5,10-13H,3,6-9,15H2,1H3. The lowest BCUT2D eigenvalue weighted by Crippen LogP contribution is -2.35. The van der Waals surface area contributed by atoms with Gasteiger partial charge in [-0.25, -0.2) is 4.98 Å². The van der Waals surface area contributed by atoms with Crippen LogP contribution in [0.1, 0.15) is 27.9 Å². The van der Waals surface area contributed by atoms with Crippen LogP contribution in [-0.2, 0) is 0 Å². The molecule has 7 heteroatoms. The van der Waals surface area contributed by atoms with Crippen molar-refractivity contribution in [3.05, 3.63) is 59.2 Å². The molecule has 0 radical (unpaired) electrons. The zero-order valence-corrected chi connectivity index (χ0v) is 17.3. The maximum atomic E-state index is 13.0. The van der Waals surface area contributed by atoms with E-state index >= 15 is 0 Å². The molecule has 0 N–H and O–H groups in total. The van der Waals surface area contributed by atoms with E-state index in [2.05, 4.69) is 11.0 Å². The van der Waals surface area contributed by atoms with Gasteiger partial charge in [0.15, 0.2) is 11.5 Å². The minimum absolute atomic E-state index is 0.0465. The summed E-state index contributed by atoms with van der Waals surface area (Å²) in [5, 5.41) is 10.6. The SMILES string of the molecule is Cc1cccc(C(=O)N2CCCN(c3nc4cc5c(cc4cc3C#N)OCO5)CC2)c1. The summed E-state index contributed by atoms with van der Waals surface area (Å²) in [6.45, 7) is 4.80. The Morgan fingerprint density at radius 3 is 2.71 bits per heavy atom. The zero-order valence-electron chi connectivity index (χ0n) is 17.3. The first-order valence-corrected chi connectivity index (χ1v) is 10.4. The average molecular weight is 414 g/mol. The summed E-state index contributed by atoms with van der Waals surface area (Å²) < 4.78 is 10.9. The molecule has 0 unspecified atom stereocenters. The lowest BCUT2D eigenvalue weighted by atomic mass is 10.1. The molecule has 0 bridgehead atoms. The van der Waals surface area contributed by atoms with Crippen molar-refractivity contribution in [2.45, 2.75) is 13.3 Å². The smallest absolute Gasteiger partial charge is 0.253 e. The van der Waals surface area contributed by atoms with Crippen LogP contribution in [0.25, 0.3) is 10.9 Å². The third-order valence-corrected chi connectivity index (χ3v) is 5.76. The highest BCUT2D eigenvalue weighted by atomic mass is 16.7. The van der Waals surface area contributed by atoms with Crippen LogP contribution in [0.5, 0.6) is 11.5 Å². The summed E-state index contributed by atoms with van der Waals surface area (Å²) >= 11 is 0. The number of pyridine rings is 1. The fourth-order valence-corrected chi connectivity index (χ4v) is 4.17. The van der Waals surface area contributed by atoms with Crippen molar-refractivity contribution < 1.29 is 14.3 Å². The van der Waals surface area contributed by atoms with Gasteiger partial charge in [-0.05, 0) is 37.6 Å². The molecule has 1 aromatic heterocycles. The Morgan fingerprint density at radius 2 is 1.90 bits per heavy atom. The Morgan fingerprint density at radius 1 is 1.06 bits per heavy atom. The number of nitrogens with zero attached hydrogens (tertiary/aromatic N) is 4. The van der Waals surface area contributed by atoms with Gasteiger partial charge in [-0.1, -0.05) is 17.7 Å². The molecule has 0 saturated carbocycles. The van der Waals surface area contributed by atoms with Crippen LogP contribution in [0, 0.1) is 18.3 Å². The summed E-state index contributed by atoms with van der Waals surface area (Å²) in [7, 11) is 0. The van der Waals surface area contributed by atoms with E-state index in [-0.39, 0.29) is 12.7 Å². The second-order valence-electron chi connectivity index (χ2n) is 7.87. The molecule has 2 aliphatic heterocycles. The third kappa shape index (κ3) is 3.61. The molecular formula is C24H22N4O3. The molecule has 0 spiro atoms. The predicted molar refractivity (Wildman–Crippen MR) is 116 cm³/mol. The number of hydrogen-bond acceptors (Lipinski definition) is 6. The number of rotatable bonds is 2. The van der Waals surface area contributed by atoms with Gasteiger partial charge >= 0.3 is 0 Å². The van der Waals surface area contributed by atoms with E-state index in [1.807, 2.05) is 54.3 Å². The van der Waals surface area contributed by atoms with E-state index in [1.165, 1.54) is 0 Å². The normalized spacial score (nSPS) is 15.6. The first kappa shape index (κ1) is 19.2. The Hall–Kier alpha value is -3.79. The number of hydrogen-bond donors (Lipinski definition) is 0. The van der Waals surface area contributed by atoms with Crippen LogP contribution in [0.15, 0.2) is 42.5 Å². The monoisotopic (exact) mass is 414 g/mol. The molecule has 2 aromatic carbocycles. The fourth-order valence-electron chi connectivity index (χ4n) is 4.17. The van der Waals surface area contributed by atoms with Gasteiger partial charge in [0.1, 0.15) is 11.9 Å². The Labute approximate surface area is 180 Å². The third-order valence-electron chi connectivity index (χ3n) is 5.76. The molecule has 0 atom stereocenters. The molecule has 7 nitrogen and oxygen atoms in total. The molecule has 1 saturated heterocycles. The molecule has 1 amide bonds. The van der Waals surface area contributed by atoms with Crippen molar-refractivity contribution in [1.29, 1.82) is 5.26 Å². The molecule has 1 fully saturated rings. The van der Waals surface area contributed by atoms with Crippen molar-refractivity contribution in [1.82, 2.24) is 9.88 Å². The van der Waals surface area contributed by atoms with Gasteiger partial charge in [-0.15, -0.1) is 0 Å². The van der Waals surface area contributed by atoms with Crippen LogP contribution in [0.2, 0.25) is 0 Å². The largest absolute Gasteiger partial charge is 0.454 e. The van der Waals surface area contributed by atoms with Gasteiger partial charge < -0.3 is 19.3 Å². The summed E-state index contributed by atoms with van der Waals surface area (Å²) in [6, 6.07) is 15.5. The van der Waals surface area contributed by atoms with E-state index in [0.29, 0.717) is 48.1 Å². The molecule has 2 aliphatic rings. The molecule has 3 aromatic rings. The van der Waals surface area contributed by atoms with Crippen LogP contribution < -0.4 is 14.4 Å². The maximum absolute atomic E-state index is 13.0. The van der Waals surface area contributed by atoms with Crippen molar-refractivity contribution in [3.8, 4) is 17.6 Å². The van der Waals surface area contributed by atoms with Crippen LogP contribution in [0.3, 0.4) is 0 Å². The number of carbonyl (C=O) groups excluding carboxylic acids is 1. The highest BCUT2D eigenvalue weighted by Crippen LogP contribution is 2.37. The molecular weight excluding hydrogens is 392 g/mol. The van der Waals surface area contributed by atoms with E-state index in [4.69, 9.17) is 14.5 Å². The topological polar surface area (TPSA) is 78.7 Å². The zero-order chi connectivity index (χ0) is 21.4. The second-order valence-corrected chi connectivity index (χ2v) is 7.87. The Kier molecular flexibility index (Phi) is 4.83. The number of carbonyl (C=O) groups is 1. The van der Waals surface area contributed by atoms with Crippen LogP contribution in [0.4, 0.5) is 5.82 Å². The minimum Gasteiger partial charge on any atom is -0.454 e. The summed E-state index contributed by atoms with van der Waals surface area (Å²) in [6.07, 6.45) is 0.809. The molecule has 5 rings (SSSR count). The highest BCUT2D eigenvalue weighted by Gasteiger charge is 2.24. The van der Waals surface area contributed by atoms with E-state index < -0.39 is 0 Å². The van der Waals surface area contributed by atoms with E-state index in [1.54, 1.807) is 0 Å². The summed E-state index contributed by atoms with van der Waals surface area (Å²) in [4.78, 5) is 21.8. The van der Waals surface area contributed by atoms with Crippen molar-refractivity contribution in [2.75, 3.05) is 37.9 Å². The van der Waals surface area contributed by atoms with Gasteiger partial charge in [0.2, 0.25) is 6.79 Å². The van der Waals surface area contributed by atoms with Crippen molar-refractivity contribution in [2.24, 2.45) is 0 Å². The molecule has 0 aliphatic carbocycles. The number of benzene rings is 2. The van der Waals surface area contributed by atoms with Gasteiger partial charge in [-0.2, -0.15) is 5.26 Å². The lowest BCUT2D eigenvalue weighted by molar-refractivity contribution is 0.0767. The number of anilines is 1. The van der Waals surface area contributed by atoms with Gasteiger partial charge in [-0.3, -0.25) is 4.79 Å². The van der Waals surface area contributed by atoms with Crippen molar-refractivity contribution >= 4 is 22.6 Å². The predicted octanol–water partition coefficient (Wildman–Crippen LogP) is 3.50. The average Bonchev–Trinajstić information content (AvgIpc) is 3.09. The molecule has 156 valence electrons. The fraction of sp³-hybridized carbons (Fsp3) is 0.292. The Bertz CT molecular complexity index is 1220. The first-order chi connectivity index (χ1) is 15.1. The number of ether oxygens (including phenoxy) is 2. The van der Waals surface area contributed by atoms with E-state index in [9.17, 15) is 10.1 Å². The lowest BCUT2D eigenvalue weighted by Gasteiger charge is -2.24. The molecule has 3 heterocycles. The Balaban J connectivity index is 1.41. The molecule has 31 heavy (non-hydrogen) atoms. The number of fused-ring (bicyclic) bond motifs is 2. The van der Waals surface area contributed by atoms with E-state index in [0.717, 1.165) is 29.4 Å². The minimum atomic E-state index is 0.0465. The second kappa shape index (κ2) is 7.80. The summed E-state index contributed by atoms with van der Waals surface area (Å²) in [5.74, 6) is 2.04. The van der Waals surface area contributed by atoms with Crippen molar-refractivity contribution in [3.63, 3.8) is 0 Å².